The Kier molecular flexibility index (Phi) is 9.40. The molecule has 46 heavy (non-hydrogen) atoms. The second-order valence-electron chi connectivity index (χ2n) is 12.8. The lowest BCUT2D eigenvalue weighted by Gasteiger charge is -2.48. The maximum absolute atomic E-state index is 11.1. The van der Waals surface area contributed by atoms with Crippen LogP contribution in [0.2, 0.25) is 0 Å². The van der Waals surface area contributed by atoms with E-state index in [1.54, 1.807) is 30.4 Å². The molecule has 3 unspecified atom stereocenters. The molecule has 0 radical (unpaired) electrons. The van der Waals surface area contributed by atoms with Crippen LogP contribution in [0.1, 0.15) is 66.3 Å². The van der Waals surface area contributed by atoms with Crippen molar-refractivity contribution in [3.05, 3.63) is 88.5 Å². The Hall–Kier alpha value is -4.24. The van der Waals surface area contributed by atoms with Crippen LogP contribution in [0.5, 0.6) is 28.7 Å². The molecule has 3 atom stereocenters. The molecule has 2 aliphatic rings. The molecule has 0 amide bonds. The SMILES string of the molecule is OCC1CCCCC12CC(NCc1ccc(CCc3c(O)c(O)c4c(O)cccc4c3C=Cc3ccc(O)c(O)c3)cc1)CCO2. The number of phenolic OH excluding ortho intramolecular Hbond substituents is 5. The van der Waals surface area contributed by atoms with Gasteiger partial charge in [-0.15, -0.1) is 0 Å². The first-order valence-electron chi connectivity index (χ1n) is 16.2. The van der Waals surface area contributed by atoms with Crippen molar-refractivity contribution >= 4 is 22.9 Å². The summed E-state index contributed by atoms with van der Waals surface area (Å²) in [4.78, 5) is 0. The van der Waals surface area contributed by atoms with E-state index in [9.17, 15) is 30.6 Å². The number of ether oxygens (including phenoxy) is 1. The lowest BCUT2D eigenvalue weighted by Crippen LogP contribution is -2.53. The minimum atomic E-state index is -0.364. The first kappa shape index (κ1) is 31.7. The topological polar surface area (TPSA) is 143 Å². The van der Waals surface area contributed by atoms with Gasteiger partial charge in [0.2, 0.25) is 0 Å². The van der Waals surface area contributed by atoms with Gasteiger partial charge in [0.1, 0.15) is 5.75 Å². The van der Waals surface area contributed by atoms with Crippen LogP contribution in [0.4, 0.5) is 0 Å². The molecule has 1 heterocycles. The number of phenols is 5. The van der Waals surface area contributed by atoms with Crippen molar-refractivity contribution in [3.8, 4) is 28.7 Å². The van der Waals surface area contributed by atoms with Crippen molar-refractivity contribution < 1.29 is 35.4 Å². The van der Waals surface area contributed by atoms with Gasteiger partial charge in [-0.05, 0) is 84.4 Å². The van der Waals surface area contributed by atoms with Crippen LogP contribution in [-0.4, -0.2) is 55.5 Å². The monoisotopic (exact) mass is 625 g/mol. The molecule has 4 aromatic carbocycles. The third kappa shape index (κ3) is 6.51. The molecule has 1 aliphatic heterocycles. The molecule has 1 saturated carbocycles. The fourth-order valence-electron chi connectivity index (χ4n) is 7.34. The van der Waals surface area contributed by atoms with Crippen LogP contribution >= 0.6 is 0 Å². The summed E-state index contributed by atoms with van der Waals surface area (Å²) in [6.45, 7) is 1.65. The highest BCUT2D eigenvalue weighted by Gasteiger charge is 2.45. The number of aromatic hydroxyl groups is 5. The smallest absolute Gasteiger partial charge is 0.169 e. The number of nitrogens with one attached hydrogen (secondary N) is 1. The van der Waals surface area contributed by atoms with Gasteiger partial charge in [-0.2, -0.15) is 0 Å². The number of fused-ring (bicyclic) bond motifs is 1. The lowest BCUT2D eigenvalue weighted by molar-refractivity contribution is -0.152. The summed E-state index contributed by atoms with van der Waals surface area (Å²) in [7, 11) is 0. The number of hydrogen-bond donors (Lipinski definition) is 7. The van der Waals surface area contributed by atoms with Crippen LogP contribution in [0.25, 0.3) is 22.9 Å². The maximum Gasteiger partial charge on any atom is 0.169 e. The summed E-state index contributed by atoms with van der Waals surface area (Å²) < 4.78 is 6.30. The zero-order valence-electron chi connectivity index (χ0n) is 26.0. The normalized spacial score (nSPS) is 21.8. The Morgan fingerprint density at radius 3 is 2.39 bits per heavy atom. The van der Waals surface area contributed by atoms with Crippen LogP contribution in [0, 0.1) is 5.92 Å². The van der Waals surface area contributed by atoms with Crippen LogP contribution < -0.4 is 5.32 Å². The number of hydrogen-bond acceptors (Lipinski definition) is 8. The van der Waals surface area contributed by atoms with Crippen molar-refractivity contribution in [2.75, 3.05) is 13.2 Å². The highest BCUT2D eigenvalue weighted by Crippen LogP contribution is 2.46. The summed E-state index contributed by atoms with van der Waals surface area (Å²) >= 11 is 0. The third-order valence-electron chi connectivity index (χ3n) is 9.94. The van der Waals surface area contributed by atoms with Gasteiger partial charge in [0, 0.05) is 37.3 Å². The summed E-state index contributed by atoms with van der Waals surface area (Å²) in [5.74, 6) is -1.02. The summed E-state index contributed by atoms with van der Waals surface area (Å²) in [6.07, 6.45) is 10.8. The zero-order chi connectivity index (χ0) is 32.3. The van der Waals surface area contributed by atoms with Gasteiger partial charge < -0.3 is 40.7 Å². The van der Waals surface area contributed by atoms with Crippen molar-refractivity contribution in [1.82, 2.24) is 5.32 Å². The molecule has 242 valence electrons. The first-order valence-corrected chi connectivity index (χ1v) is 16.2. The van der Waals surface area contributed by atoms with E-state index in [0.29, 0.717) is 41.0 Å². The number of aryl methyl sites for hydroxylation is 1. The van der Waals surface area contributed by atoms with Crippen LogP contribution in [0.3, 0.4) is 0 Å². The average Bonchev–Trinajstić information content (AvgIpc) is 3.06. The molecule has 7 N–H and O–H groups in total. The quantitative estimate of drug-likeness (QED) is 0.0824. The lowest BCUT2D eigenvalue weighted by atomic mass is 9.71. The maximum atomic E-state index is 11.1. The fraction of sp³-hybridized carbons (Fsp3) is 0.368. The molecule has 2 fully saturated rings. The van der Waals surface area contributed by atoms with Crippen LogP contribution in [-0.2, 0) is 24.1 Å². The van der Waals surface area contributed by atoms with Gasteiger partial charge in [-0.1, -0.05) is 67.5 Å². The number of aliphatic hydroxyl groups is 1. The Bertz CT molecular complexity index is 1710. The fourth-order valence-corrected chi connectivity index (χ4v) is 7.34. The van der Waals surface area contributed by atoms with E-state index >= 15 is 0 Å². The summed E-state index contributed by atoms with van der Waals surface area (Å²) in [5.41, 5.74) is 3.87. The molecule has 6 rings (SSSR count). The number of aliphatic hydroxyl groups excluding tert-OH is 1. The Morgan fingerprint density at radius 2 is 1.61 bits per heavy atom. The molecule has 8 nitrogen and oxygen atoms in total. The first-order chi connectivity index (χ1) is 22.3. The van der Waals surface area contributed by atoms with E-state index in [1.165, 1.54) is 23.8 Å². The Morgan fingerprint density at radius 1 is 0.804 bits per heavy atom. The van der Waals surface area contributed by atoms with Crippen molar-refractivity contribution in [1.29, 1.82) is 0 Å². The van der Waals surface area contributed by atoms with Crippen molar-refractivity contribution in [3.63, 3.8) is 0 Å². The zero-order valence-corrected chi connectivity index (χ0v) is 26.0. The largest absolute Gasteiger partial charge is 0.507 e. The predicted molar refractivity (Wildman–Crippen MR) is 179 cm³/mol. The van der Waals surface area contributed by atoms with E-state index < -0.39 is 0 Å². The van der Waals surface area contributed by atoms with Gasteiger partial charge in [0.15, 0.2) is 23.0 Å². The van der Waals surface area contributed by atoms with E-state index in [0.717, 1.165) is 57.2 Å². The molecular formula is C38H43NO7. The van der Waals surface area contributed by atoms with Gasteiger partial charge in [-0.3, -0.25) is 0 Å². The second kappa shape index (κ2) is 13.6. The standard InChI is InChI=1S/C38H43NO7/c40-23-27-4-1-2-18-38(27)21-28(17-19-46-38)39-22-26-9-7-24(8-10-26)11-15-31-29(14-12-25-13-16-32(41)34(43)20-25)30-5-3-6-33(42)35(30)37(45)36(31)44/h3,5-10,12-14,16,20,27-28,39-45H,1-2,4,11,15,17-19,21-23H2. The highest BCUT2D eigenvalue weighted by molar-refractivity contribution is 6.03. The molecule has 1 saturated heterocycles. The molecule has 0 aromatic heterocycles. The summed E-state index contributed by atoms with van der Waals surface area (Å²) in [6, 6.07) is 18.2. The van der Waals surface area contributed by atoms with E-state index in [-0.39, 0.29) is 52.3 Å². The van der Waals surface area contributed by atoms with Crippen molar-refractivity contribution in [2.45, 2.75) is 69.6 Å². The predicted octanol–water partition coefficient (Wildman–Crippen LogP) is 6.51. The molecule has 0 bridgehead atoms. The number of rotatable bonds is 9. The molecule has 8 heteroatoms. The number of benzene rings is 4. The van der Waals surface area contributed by atoms with Gasteiger partial charge >= 0.3 is 0 Å². The molecule has 4 aromatic rings. The van der Waals surface area contributed by atoms with Gasteiger partial charge in [-0.25, -0.2) is 0 Å². The Balaban J connectivity index is 1.17. The molecular weight excluding hydrogens is 582 g/mol. The molecule has 1 spiro atoms. The van der Waals surface area contributed by atoms with E-state index in [4.69, 9.17) is 4.74 Å². The average molecular weight is 626 g/mol. The van der Waals surface area contributed by atoms with Gasteiger partial charge in [0.25, 0.3) is 0 Å². The molecule has 1 aliphatic carbocycles. The minimum Gasteiger partial charge on any atom is -0.507 e. The van der Waals surface area contributed by atoms with Gasteiger partial charge in [0.05, 0.1) is 11.0 Å². The summed E-state index contributed by atoms with van der Waals surface area (Å²) in [5, 5.41) is 66.6. The second-order valence-corrected chi connectivity index (χ2v) is 12.8. The minimum absolute atomic E-state index is 0.138. The van der Waals surface area contributed by atoms with Crippen molar-refractivity contribution in [2.24, 2.45) is 5.92 Å². The third-order valence-corrected chi connectivity index (χ3v) is 9.94. The van der Waals surface area contributed by atoms with E-state index in [2.05, 4.69) is 29.6 Å². The Labute approximate surface area is 269 Å². The van der Waals surface area contributed by atoms with Crippen LogP contribution in [0.15, 0.2) is 60.7 Å². The van der Waals surface area contributed by atoms with E-state index in [1.807, 2.05) is 0 Å². The highest BCUT2D eigenvalue weighted by atomic mass is 16.5.